The smallest absolute Gasteiger partial charge is 0.263 e. The number of halogens is 1. The number of carbonyl (C=O) groups excluding carboxylic acids is 1. The zero-order chi connectivity index (χ0) is 29.1. The van der Waals surface area contributed by atoms with Gasteiger partial charge in [0.15, 0.2) is 0 Å². The van der Waals surface area contributed by atoms with Crippen molar-refractivity contribution < 1.29 is 14.3 Å². The highest BCUT2D eigenvalue weighted by Crippen LogP contribution is 2.34. The molecular formula is C34H27IN2O4S. The number of fused-ring (bicyclic) bond motifs is 3. The molecule has 210 valence electrons. The Morgan fingerprint density at radius 1 is 0.929 bits per heavy atom. The number of para-hydroxylation sites is 1. The van der Waals surface area contributed by atoms with Gasteiger partial charge in [-0.25, -0.2) is 0 Å². The molecule has 0 aliphatic carbocycles. The highest BCUT2D eigenvalue weighted by molar-refractivity contribution is 14.1. The standard InChI is InChI=1S/C34H27IN2O4S/c1-40-19-18-36(25-10-6-3-7-11-25)34(39)29-21-37-30(32-28(29)20-31(35)42-32)17-16-27(33(37)38)24-12-14-26(15-13-24)41-22-23-8-4-2-5-9-23/h2-17,20-21H,18-19,22H2,1H3. The Kier molecular flexibility index (Phi) is 8.36. The predicted octanol–water partition coefficient (Wildman–Crippen LogP) is 7.66. The van der Waals surface area contributed by atoms with Crippen LogP contribution in [0.4, 0.5) is 5.69 Å². The van der Waals surface area contributed by atoms with Gasteiger partial charge in [0.05, 0.1) is 25.3 Å². The number of methoxy groups -OCH3 is 1. The van der Waals surface area contributed by atoms with Crippen molar-refractivity contribution in [2.45, 2.75) is 6.61 Å². The van der Waals surface area contributed by atoms with Crippen LogP contribution in [0, 0.1) is 2.88 Å². The van der Waals surface area contributed by atoms with Crippen LogP contribution in [0.1, 0.15) is 15.9 Å². The Morgan fingerprint density at radius 2 is 1.64 bits per heavy atom. The molecular weight excluding hydrogens is 659 g/mol. The minimum atomic E-state index is -0.187. The molecule has 6 aromatic rings. The lowest BCUT2D eigenvalue weighted by Gasteiger charge is -2.23. The van der Waals surface area contributed by atoms with Gasteiger partial charge in [-0.1, -0.05) is 60.7 Å². The van der Waals surface area contributed by atoms with Gasteiger partial charge >= 0.3 is 0 Å². The summed E-state index contributed by atoms with van der Waals surface area (Å²) in [7, 11) is 1.62. The molecule has 0 unspecified atom stereocenters. The van der Waals surface area contributed by atoms with Gasteiger partial charge in [0.1, 0.15) is 12.4 Å². The Labute approximate surface area is 260 Å². The third-order valence-electron chi connectivity index (χ3n) is 7.08. The highest BCUT2D eigenvalue weighted by Gasteiger charge is 2.23. The number of hydrogen-bond donors (Lipinski definition) is 0. The van der Waals surface area contributed by atoms with Crippen molar-refractivity contribution in [3.63, 3.8) is 0 Å². The second-order valence-corrected chi connectivity index (χ2v) is 12.7. The monoisotopic (exact) mass is 686 g/mol. The Morgan fingerprint density at radius 3 is 2.36 bits per heavy atom. The average molecular weight is 687 g/mol. The van der Waals surface area contributed by atoms with Gasteiger partial charge in [0.2, 0.25) is 0 Å². The van der Waals surface area contributed by atoms with E-state index in [1.165, 1.54) is 0 Å². The molecule has 0 bridgehead atoms. The van der Waals surface area contributed by atoms with Crippen molar-refractivity contribution in [2.24, 2.45) is 0 Å². The first-order valence-corrected chi connectivity index (χ1v) is 15.3. The van der Waals surface area contributed by atoms with Crippen molar-refractivity contribution in [3.05, 3.63) is 134 Å². The molecule has 6 rings (SSSR count). The van der Waals surface area contributed by atoms with E-state index in [1.54, 1.807) is 33.9 Å². The summed E-state index contributed by atoms with van der Waals surface area (Å²) in [4.78, 5) is 29.8. The number of nitrogens with zero attached hydrogens (tertiary/aromatic N) is 2. The molecule has 3 aromatic heterocycles. The summed E-state index contributed by atoms with van der Waals surface area (Å²) in [5.74, 6) is 0.542. The van der Waals surface area contributed by atoms with Crippen LogP contribution < -0.4 is 15.2 Å². The van der Waals surface area contributed by atoms with Crippen LogP contribution in [0.5, 0.6) is 5.75 Å². The van der Waals surface area contributed by atoms with E-state index in [2.05, 4.69) is 22.6 Å². The maximum Gasteiger partial charge on any atom is 0.263 e. The number of ether oxygens (including phenoxy) is 2. The molecule has 3 heterocycles. The first-order valence-electron chi connectivity index (χ1n) is 13.4. The van der Waals surface area contributed by atoms with E-state index < -0.39 is 0 Å². The maximum atomic E-state index is 14.1. The van der Waals surface area contributed by atoms with Crippen LogP contribution in [0.3, 0.4) is 0 Å². The highest BCUT2D eigenvalue weighted by atomic mass is 127. The van der Waals surface area contributed by atoms with Crippen LogP contribution >= 0.6 is 33.9 Å². The predicted molar refractivity (Wildman–Crippen MR) is 178 cm³/mol. The van der Waals surface area contributed by atoms with Gasteiger partial charge in [0.25, 0.3) is 11.5 Å². The quantitative estimate of drug-likeness (QED) is 0.147. The summed E-state index contributed by atoms with van der Waals surface area (Å²) in [6.07, 6.45) is 1.69. The van der Waals surface area contributed by atoms with Gasteiger partial charge in [-0.15, -0.1) is 11.3 Å². The molecule has 0 aliphatic rings. The largest absolute Gasteiger partial charge is 0.489 e. The summed E-state index contributed by atoms with van der Waals surface area (Å²) >= 11 is 3.84. The zero-order valence-corrected chi connectivity index (χ0v) is 25.8. The molecule has 0 atom stereocenters. The number of benzene rings is 3. The number of anilines is 1. The molecule has 6 nitrogen and oxygen atoms in total. The second kappa shape index (κ2) is 12.5. The molecule has 3 aromatic carbocycles. The summed E-state index contributed by atoms with van der Waals surface area (Å²) < 4.78 is 14.8. The van der Waals surface area contributed by atoms with Gasteiger partial charge in [0, 0.05) is 36.5 Å². The van der Waals surface area contributed by atoms with Crippen molar-refractivity contribution in [1.82, 2.24) is 4.40 Å². The van der Waals surface area contributed by atoms with E-state index in [9.17, 15) is 9.59 Å². The second-order valence-electron chi connectivity index (χ2n) is 9.73. The lowest BCUT2D eigenvalue weighted by molar-refractivity contribution is 0.0977. The fourth-order valence-corrected chi connectivity index (χ4v) is 6.86. The number of carbonyl (C=O) groups is 1. The van der Waals surface area contributed by atoms with E-state index in [0.717, 1.165) is 41.1 Å². The Balaban J connectivity index is 1.40. The van der Waals surface area contributed by atoms with Gasteiger partial charge < -0.3 is 14.4 Å². The van der Waals surface area contributed by atoms with Crippen LogP contribution in [0.15, 0.2) is 114 Å². The van der Waals surface area contributed by atoms with Crippen molar-refractivity contribution >= 4 is 61.1 Å². The maximum absolute atomic E-state index is 14.1. The van der Waals surface area contributed by atoms with Crippen LogP contribution in [-0.4, -0.2) is 30.6 Å². The molecule has 42 heavy (non-hydrogen) atoms. The van der Waals surface area contributed by atoms with E-state index in [-0.39, 0.29) is 11.5 Å². The van der Waals surface area contributed by atoms with E-state index in [1.807, 2.05) is 103 Å². The molecule has 0 aliphatic heterocycles. The van der Waals surface area contributed by atoms with Crippen LogP contribution in [-0.2, 0) is 11.3 Å². The topological polar surface area (TPSA) is 60.2 Å². The van der Waals surface area contributed by atoms with Gasteiger partial charge in [-0.05, 0) is 76.2 Å². The first kappa shape index (κ1) is 28.1. The summed E-state index contributed by atoms with van der Waals surface area (Å²) in [6, 6.07) is 32.9. The Bertz CT molecular complexity index is 1920. The van der Waals surface area contributed by atoms with Crippen molar-refractivity contribution in [3.8, 4) is 16.9 Å². The first-order chi connectivity index (χ1) is 20.5. The summed E-state index contributed by atoms with van der Waals surface area (Å²) in [5, 5.41) is 0.833. The lowest BCUT2D eigenvalue weighted by atomic mass is 10.1. The lowest BCUT2D eigenvalue weighted by Crippen LogP contribution is -2.34. The summed E-state index contributed by atoms with van der Waals surface area (Å²) in [6.45, 7) is 1.23. The van der Waals surface area contributed by atoms with Crippen molar-refractivity contribution in [2.75, 3.05) is 25.2 Å². The number of aromatic nitrogens is 1. The molecule has 0 fully saturated rings. The number of thiophene rings is 1. The molecule has 0 saturated heterocycles. The molecule has 1 amide bonds. The van der Waals surface area contributed by atoms with E-state index in [4.69, 9.17) is 9.47 Å². The molecule has 0 spiro atoms. The van der Waals surface area contributed by atoms with Crippen LogP contribution in [0.25, 0.3) is 26.7 Å². The minimum Gasteiger partial charge on any atom is -0.489 e. The molecule has 0 N–H and O–H groups in total. The number of rotatable bonds is 9. The average Bonchev–Trinajstić information content (AvgIpc) is 3.43. The van der Waals surface area contributed by atoms with Gasteiger partial charge in [-0.2, -0.15) is 0 Å². The number of amides is 1. The zero-order valence-electron chi connectivity index (χ0n) is 22.8. The minimum absolute atomic E-state index is 0.184. The Hall–Kier alpha value is -3.99. The van der Waals surface area contributed by atoms with Crippen molar-refractivity contribution in [1.29, 1.82) is 0 Å². The molecule has 8 heteroatoms. The molecule has 0 radical (unpaired) electrons. The third-order valence-corrected chi connectivity index (χ3v) is 8.99. The number of hydrogen-bond acceptors (Lipinski definition) is 5. The fraction of sp³-hybridized carbons (Fsp3) is 0.118. The normalized spacial score (nSPS) is 11.2. The van der Waals surface area contributed by atoms with E-state index >= 15 is 0 Å². The summed E-state index contributed by atoms with van der Waals surface area (Å²) in [5.41, 5.74) is 4.24. The molecule has 0 saturated carbocycles. The van der Waals surface area contributed by atoms with Gasteiger partial charge in [-0.3, -0.25) is 14.0 Å². The SMILES string of the molecule is COCCN(C(=O)c1cn2c(=O)c(-c3ccc(OCc4ccccc4)cc3)ccc2c2sc(I)cc12)c1ccccc1. The third kappa shape index (κ3) is 5.70. The van der Waals surface area contributed by atoms with Crippen LogP contribution in [0.2, 0.25) is 0 Å². The fourth-order valence-electron chi connectivity index (χ4n) is 4.96. The number of pyridine rings is 2. The van der Waals surface area contributed by atoms with E-state index in [0.29, 0.717) is 30.9 Å².